The Morgan fingerprint density at radius 2 is 1.71 bits per heavy atom. The van der Waals surface area contributed by atoms with Crippen LogP contribution in [0.25, 0.3) is 0 Å². The molecule has 2 amide bonds. The molecule has 0 aliphatic rings. The first-order chi connectivity index (χ1) is 13.3. The first kappa shape index (κ1) is 21.1. The van der Waals surface area contributed by atoms with E-state index < -0.39 is 23.9 Å². The monoisotopic (exact) mass is 402 g/mol. The van der Waals surface area contributed by atoms with Crippen LogP contribution in [-0.4, -0.2) is 36.2 Å². The number of amides is 2. The fourth-order valence-electron chi connectivity index (χ4n) is 2.21. The van der Waals surface area contributed by atoms with Gasteiger partial charge in [0.2, 0.25) is 0 Å². The second-order valence-corrected chi connectivity index (χ2v) is 6.38. The summed E-state index contributed by atoms with van der Waals surface area (Å²) in [4.78, 5) is 47.3. The highest BCUT2D eigenvalue weighted by Crippen LogP contribution is 2.12. The summed E-state index contributed by atoms with van der Waals surface area (Å²) in [5, 5.41) is 5.47. The van der Waals surface area contributed by atoms with Crippen LogP contribution in [0, 0.1) is 0 Å². The topological polar surface area (TPSA) is 102 Å². The van der Waals surface area contributed by atoms with Gasteiger partial charge < -0.3 is 15.4 Å². The van der Waals surface area contributed by atoms with Crippen molar-refractivity contribution in [2.45, 2.75) is 20.0 Å². The van der Waals surface area contributed by atoms with Gasteiger partial charge in [-0.2, -0.15) is 0 Å². The van der Waals surface area contributed by atoms with Crippen LogP contribution in [0.4, 0.5) is 5.69 Å². The molecule has 0 bridgehead atoms. The number of anilines is 1. The number of benzene rings is 2. The van der Waals surface area contributed by atoms with E-state index in [-0.39, 0.29) is 12.3 Å². The SMILES string of the molecule is CC(=O)c1cccc(NC(=O)[C@H](C)OC(=O)CNC(=O)c2ccc(Cl)cc2)c1. The maximum Gasteiger partial charge on any atom is 0.326 e. The minimum absolute atomic E-state index is 0.132. The molecule has 0 heterocycles. The minimum atomic E-state index is -1.08. The number of carbonyl (C=O) groups excluding carboxylic acids is 4. The molecule has 0 spiro atoms. The molecule has 8 heteroatoms. The molecule has 0 unspecified atom stereocenters. The number of hydrogen-bond acceptors (Lipinski definition) is 5. The molecule has 0 radical (unpaired) electrons. The molecule has 2 rings (SSSR count). The maximum absolute atomic E-state index is 12.1. The van der Waals surface area contributed by atoms with Gasteiger partial charge in [0.1, 0.15) is 6.54 Å². The van der Waals surface area contributed by atoms with Gasteiger partial charge in [-0.1, -0.05) is 23.7 Å². The molecule has 7 nitrogen and oxygen atoms in total. The third kappa shape index (κ3) is 6.21. The second-order valence-electron chi connectivity index (χ2n) is 5.95. The van der Waals surface area contributed by atoms with Gasteiger partial charge >= 0.3 is 5.97 Å². The number of carbonyl (C=O) groups is 4. The first-order valence-electron chi connectivity index (χ1n) is 8.41. The van der Waals surface area contributed by atoms with Crippen LogP contribution in [0.3, 0.4) is 0 Å². The van der Waals surface area contributed by atoms with E-state index in [0.717, 1.165) is 0 Å². The predicted molar refractivity (Wildman–Crippen MR) is 104 cm³/mol. The molecular weight excluding hydrogens is 384 g/mol. The van der Waals surface area contributed by atoms with E-state index >= 15 is 0 Å². The molecule has 28 heavy (non-hydrogen) atoms. The molecule has 2 aromatic rings. The molecule has 1 atom stereocenters. The predicted octanol–water partition coefficient (Wildman–Crippen LogP) is 2.84. The fourth-order valence-corrected chi connectivity index (χ4v) is 2.33. The number of nitrogens with one attached hydrogen (secondary N) is 2. The second kappa shape index (κ2) is 9.66. The van der Waals surface area contributed by atoms with E-state index in [1.54, 1.807) is 30.3 Å². The lowest BCUT2D eigenvalue weighted by Crippen LogP contribution is -2.35. The first-order valence-corrected chi connectivity index (χ1v) is 8.79. The van der Waals surface area contributed by atoms with Gasteiger partial charge in [0.25, 0.3) is 11.8 Å². The average Bonchev–Trinajstić information content (AvgIpc) is 2.66. The Labute approximate surface area is 167 Å². The Morgan fingerprint density at radius 1 is 1.04 bits per heavy atom. The summed E-state index contributed by atoms with van der Waals surface area (Å²) in [5.41, 5.74) is 1.21. The molecule has 0 aliphatic heterocycles. The van der Waals surface area contributed by atoms with Crippen molar-refractivity contribution in [2.24, 2.45) is 0 Å². The van der Waals surface area contributed by atoms with Crippen molar-refractivity contribution in [1.29, 1.82) is 0 Å². The molecule has 146 valence electrons. The van der Waals surface area contributed by atoms with Gasteiger partial charge in [-0.25, -0.2) is 0 Å². The Bertz CT molecular complexity index is 896. The molecular formula is C20H19ClN2O5. The Hall–Kier alpha value is -3.19. The largest absolute Gasteiger partial charge is 0.451 e. The summed E-state index contributed by atoms with van der Waals surface area (Å²) in [5.74, 6) is -1.92. The van der Waals surface area contributed by atoms with Gasteiger partial charge in [0.05, 0.1) is 0 Å². The van der Waals surface area contributed by atoms with Gasteiger partial charge in [-0.3, -0.25) is 19.2 Å². The van der Waals surface area contributed by atoms with Crippen molar-refractivity contribution in [3.63, 3.8) is 0 Å². The van der Waals surface area contributed by atoms with Crippen LogP contribution in [0.15, 0.2) is 48.5 Å². The fraction of sp³-hybridized carbons (Fsp3) is 0.200. The van der Waals surface area contributed by atoms with E-state index in [1.807, 2.05) is 0 Å². The standard InChI is InChI=1S/C20H19ClN2O5/c1-12(24)15-4-3-5-17(10-15)23-19(26)13(2)28-18(25)11-22-20(27)14-6-8-16(21)9-7-14/h3-10,13H,11H2,1-2H3,(H,22,27)(H,23,26)/t13-/m0/s1. The van der Waals surface area contributed by atoms with Gasteiger partial charge in [0.15, 0.2) is 11.9 Å². The quantitative estimate of drug-likeness (QED) is 0.547. The highest BCUT2D eigenvalue weighted by atomic mass is 35.5. The summed E-state index contributed by atoms with van der Waals surface area (Å²) in [6.45, 7) is 2.44. The van der Waals surface area contributed by atoms with Crippen molar-refractivity contribution in [1.82, 2.24) is 5.32 Å². The molecule has 0 saturated heterocycles. The zero-order chi connectivity index (χ0) is 20.7. The number of ketones is 1. The third-order valence-electron chi connectivity index (χ3n) is 3.71. The number of ether oxygens (including phenoxy) is 1. The van der Waals surface area contributed by atoms with E-state index in [1.165, 1.54) is 32.0 Å². The Morgan fingerprint density at radius 3 is 2.36 bits per heavy atom. The van der Waals surface area contributed by atoms with Crippen LogP contribution in [-0.2, 0) is 14.3 Å². The summed E-state index contributed by atoms with van der Waals surface area (Å²) in [6.07, 6.45) is -1.08. The van der Waals surface area contributed by atoms with Crippen molar-refractivity contribution in [3.8, 4) is 0 Å². The molecule has 0 aliphatic carbocycles. The third-order valence-corrected chi connectivity index (χ3v) is 3.97. The molecule has 2 N–H and O–H groups in total. The van der Waals surface area contributed by atoms with Crippen LogP contribution in [0.5, 0.6) is 0 Å². The van der Waals surface area contributed by atoms with Crippen molar-refractivity contribution >= 4 is 40.9 Å². The molecule has 2 aromatic carbocycles. The van der Waals surface area contributed by atoms with Gasteiger partial charge in [-0.15, -0.1) is 0 Å². The highest BCUT2D eigenvalue weighted by molar-refractivity contribution is 6.30. The van der Waals surface area contributed by atoms with Crippen molar-refractivity contribution < 1.29 is 23.9 Å². The number of esters is 1. The van der Waals surface area contributed by atoms with E-state index in [9.17, 15) is 19.2 Å². The number of halogens is 1. The normalized spacial score (nSPS) is 11.2. The summed E-state index contributed by atoms with van der Waals surface area (Å²) >= 11 is 5.75. The molecule has 0 fully saturated rings. The number of hydrogen-bond donors (Lipinski definition) is 2. The van der Waals surface area contributed by atoms with E-state index in [4.69, 9.17) is 16.3 Å². The molecule has 0 saturated carbocycles. The van der Waals surface area contributed by atoms with Crippen LogP contribution in [0.2, 0.25) is 5.02 Å². The van der Waals surface area contributed by atoms with Crippen LogP contribution in [0.1, 0.15) is 34.6 Å². The molecule has 0 aromatic heterocycles. The lowest BCUT2D eigenvalue weighted by Gasteiger charge is -2.14. The zero-order valence-corrected chi connectivity index (χ0v) is 16.1. The Kier molecular flexibility index (Phi) is 7.28. The smallest absolute Gasteiger partial charge is 0.326 e. The summed E-state index contributed by atoms with van der Waals surface area (Å²) in [7, 11) is 0. The minimum Gasteiger partial charge on any atom is -0.451 e. The lowest BCUT2D eigenvalue weighted by molar-refractivity contribution is -0.152. The summed E-state index contributed by atoms with van der Waals surface area (Å²) in [6, 6.07) is 12.6. The number of Topliss-reactive ketones (excluding diaryl/α,β-unsaturated/α-hetero) is 1. The zero-order valence-electron chi connectivity index (χ0n) is 15.3. The van der Waals surface area contributed by atoms with Crippen molar-refractivity contribution in [2.75, 3.05) is 11.9 Å². The van der Waals surface area contributed by atoms with Gasteiger partial charge in [-0.05, 0) is 50.2 Å². The maximum atomic E-state index is 12.1. The van der Waals surface area contributed by atoms with E-state index in [0.29, 0.717) is 21.8 Å². The average molecular weight is 403 g/mol. The van der Waals surface area contributed by atoms with Crippen LogP contribution < -0.4 is 10.6 Å². The highest BCUT2D eigenvalue weighted by Gasteiger charge is 2.19. The van der Waals surface area contributed by atoms with Gasteiger partial charge in [0, 0.05) is 21.8 Å². The lowest BCUT2D eigenvalue weighted by atomic mass is 10.1. The number of rotatable bonds is 7. The van der Waals surface area contributed by atoms with Crippen LogP contribution >= 0.6 is 11.6 Å². The van der Waals surface area contributed by atoms with E-state index in [2.05, 4.69) is 10.6 Å². The van der Waals surface area contributed by atoms with Crippen molar-refractivity contribution in [3.05, 3.63) is 64.7 Å². The summed E-state index contributed by atoms with van der Waals surface area (Å²) < 4.78 is 5.01. The Balaban J connectivity index is 1.83.